The number of nitrogens with one attached hydrogen (secondary N) is 1. The van der Waals surface area contributed by atoms with Crippen molar-refractivity contribution in [1.82, 2.24) is 14.7 Å². The van der Waals surface area contributed by atoms with Crippen molar-refractivity contribution in [1.29, 1.82) is 0 Å². The molecular weight excluding hydrogens is 444 g/mol. The maximum atomic E-state index is 12.9. The lowest BCUT2D eigenvalue weighted by Gasteiger charge is -2.11. The van der Waals surface area contributed by atoms with E-state index < -0.39 is 18.5 Å². The Labute approximate surface area is 202 Å². The summed E-state index contributed by atoms with van der Waals surface area (Å²) in [6.45, 7) is -0.474. The van der Waals surface area contributed by atoms with Crippen molar-refractivity contribution in [2.45, 2.75) is 0 Å². The second kappa shape index (κ2) is 10.5. The Hall–Kier alpha value is -4.72. The molecule has 8 heteroatoms. The van der Waals surface area contributed by atoms with Crippen LogP contribution in [0.5, 0.6) is 0 Å². The van der Waals surface area contributed by atoms with Gasteiger partial charge in [-0.05, 0) is 42.5 Å². The standard InChI is InChI=1S/C27H24N4O4/c1-30(2)26(33)20-13-15-21(16-14-20)28-25(32)18-35-27(34)24-17-23(19-9-5-3-6-10-19)29-31(24)22-11-7-4-8-12-22/h3-17H,18H2,1-2H3,(H,28,32). The summed E-state index contributed by atoms with van der Waals surface area (Å²) in [7, 11) is 3.33. The van der Waals surface area contributed by atoms with Crippen LogP contribution < -0.4 is 5.32 Å². The summed E-state index contributed by atoms with van der Waals surface area (Å²) in [5.41, 5.74) is 3.35. The molecule has 35 heavy (non-hydrogen) atoms. The van der Waals surface area contributed by atoms with Crippen LogP contribution in [0.4, 0.5) is 5.69 Å². The lowest BCUT2D eigenvalue weighted by molar-refractivity contribution is -0.119. The molecule has 176 valence electrons. The molecule has 0 spiro atoms. The van der Waals surface area contributed by atoms with E-state index in [1.807, 2.05) is 60.7 Å². The number of aromatic nitrogens is 2. The van der Waals surface area contributed by atoms with Crippen LogP contribution in [0.3, 0.4) is 0 Å². The first-order valence-corrected chi connectivity index (χ1v) is 10.9. The molecule has 8 nitrogen and oxygen atoms in total. The molecule has 0 saturated heterocycles. The van der Waals surface area contributed by atoms with Gasteiger partial charge in [0, 0.05) is 30.9 Å². The van der Waals surface area contributed by atoms with Crippen molar-refractivity contribution in [2.75, 3.05) is 26.0 Å². The molecule has 1 N–H and O–H groups in total. The highest BCUT2D eigenvalue weighted by molar-refractivity contribution is 5.97. The van der Waals surface area contributed by atoms with Crippen LogP contribution in [0.25, 0.3) is 16.9 Å². The summed E-state index contributed by atoms with van der Waals surface area (Å²) in [6.07, 6.45) is 0. The van der Waals surface area contributed by atoms with Crippen LogP contribution in [0.2, 0.25) is 0 Å². The lowest BCUT2D eigenvalue weighted by Crippen LogP contribution is -2.23. The zero-order valence-corrected chi connectivity index (χ0v) is 19.3. The van der Waals surface area contributed by atoms with Crippen LogP contribution in [0.1, 0.15) is 20.8 Å². The van der Waals surface area contributed by atoms with Gasteiger partial charge in [0.15, 0.2) is 12.3 Å². The van der Waals surface area contributed by atoms with E-state index in [2.05, 4.69) is 10.4 Å². The van der Waals surface area contributed by atoms with Gasteiger partial charge in [0.1, 0.15) is 0 Å². The van der Waals surface area contributed by atoms with Crippen molar-refractivity contribution in [3.05, 3.63) is 102 Å². The number of esters is 1. The Morgan fingerprint density at radius 2 is 1.51 bits per heavy atom. The second-order valence-corrected chi connectivity index (χ2v) is 7.93. The SMILES string of the molecule is CN(C)C(=O)c1ccc(NC(=O)COC(=O)c2cc(-c3ccccc3)nn2-c2ccccc2)cc1. The topological polar surface area (TPSA) is 93.5 Å². The molecule has 3 aromatic carbocycles. The van der Waals surface area contributed by atoms with E-state index in [4.69, 9.17) is 4.74 Å². The van der Waals surface area contributed by atoms with Crippen molar-refractivity contribution >= 4 is 23.5 Å². The van der Waals surface area contributed by atoms with Gasteiger partial charge in [-0.15, -0.1) is 0 Å². The first-order chi connectivity index (χ1) is 16.9. The van der Waals surface area contributed by atoms with Crippen molar-refractivity contribution in [3.63, 3.8) is 0 Å². The Morgan fingerprint density at radius 1 is 0.886 bits per heavy atom. The van der Waals surface area contributed by atoms with E-state index in [1.165, 1.54) is 9.58 Å². The molecule has 0 radical (unpaired) electrons. The number of nitrogens with zero attached hydrogens (tertiary/aromatic N) is 3. The highest BCUT2D eigenvalue weighted by Crippen LogP contribution is 2.22. The van der Waals surface area contributed by atoms with E-state index in [0.717, 1.165) is 5.56 Å². The first-order valence-electron chi connectivity index (χ1n) is 10.9. The lowest BCUT2D eigenvalue weighted by atomic mass is 10.1. The number of anilines is 1. The maximum absolute atomic E-state index is 12.9. The third-order valence-corrected chi connectivity index (χ3v) is 5.14. The minimum Gasteiger partial charge on any atom is -0.451 e. The first kappa shape index (κ1) is 23.4. The molecule has 0 aliphatic heterocycles. The van der Waals surface area contributed by atoms with Gasteiger partial charge in [0.25, 0.3) is 11.8 Å². The molecule has 0 atom stereocenters. The van der Waals surface area contributed by atoms with Crippen LogP contribution >= 0.6 is 0 Å². The Bertz CT molecular complexity index is 1330. The number of carbonyl (C=O) groups excluding carboxylic acids is 3. The summed E-state index contributed by atoms with van der Waals surface area (Å²) in [5.74, 6) is -1.31. The summed E-state index contributed by atoms with van der Waals surface area (Å²) in [5, 5.41) is 7.24. The van der Waals surface area contributed by atoms with Gasteiger partial charge in [0.2, 0.25) is 0 Å². The third-order valence-electron chi connectivity index (χ3n) is 5.14. The van der Waals surface area contributed by atoms with Gasteiger partial charge in [-0.1, -0.05) is 48.5 Å². The molecule has 0 aliphatic rings. The average Bonchev–Trinajstić information content (AvgIpc) is 3.34. The van der Waals surface area contributed by atoms with Gasteiger partial charge in [-0.3, -0.25) is 9.59 Å². The van der Waals surface area contributed by atoms with E-state index in [9.17, 15) is 14.4 Å². The van der Waals surface area contributed by atoms with Crippen molar-refractivity contribution in [2.24, 2.45) is 0 Å². The number of ether oxygens (including phenoxy) is 1. The fourth-order valence-corrected chi connectivity index (χ4v) is 3.40. The summed E-state index contributed by atoms with van der Waals surface area (Å²) in [6, 6.07) is 26.8. The van der Waals surface area contributed by atoms with Crippen molar-refractivity contribution in [3.8, 4) is 16.9 Å². The fourth-order valence-electron chi connectivity index (χ4n) is 3.40. The number of hydrogen-bond acceptors (Lipinski definition) is 5. The van der Waals surface area contributed by atoms with Gasteiger partial charge in [-0.25, -0.2) is 9.48 Å². The number of hydrogen-bond donors (Lipinski definition) is 1. The van der Waals surface area contributed by atoms with E-state index in [-0.39, 0.29) is 11.6 Å². The molecule has 0 bridgehead atoms. The molecule has 0 unspecified atom stereocenters. The minimum atomic E-state index is -0.675. The third kappa shape index (κ3) is 5.62. The summed E-state index contributed by atoms with van der Waals surface area (Å²) >= 11 is 0. The monoisotopic (exact) mass is 468 g/mol. The predicted molar refractivity (Wildman–Crippen MR) is 132 cm³/mol. The van der Waals surface area contributed by atoms with Gasteiger partial charge < -0.3 is 15.0 Å². The number of benzene rings is 3. The molecule has 0 saturated carbocycles. The molecule has 1 heterocycles. The summed E-state index contributed by atoms with van der Waals surface area (Å²) < 4.78 is 6.80. The molecule has 2 amide bonds. The normalized spacial score (nSPS) is 10.5. The minimum absolute atomic E-state index is 0.137. The molecule has 0 fully saturated rings. The Morgan fingerprint density at radius 3 is 2.14 bits per heavy atom. The van der Waals surface area contributed by atoms with E-state index in [0.29, 0.717) is 22.6 Å². The average molecular weight is 469 g/mol. The highest BCUT2D eigenvalue weighted by Gasteiger charge is 2.20. The van der Waals surface area contributed by atoms with Gasteiger partial charge in [0.05, 0.1) is 11.4 Å². The quantitative estimate of drug-likeness (QED) is 0.413. The zero-order chi connectivity index (χ0) is 24.8. The number of carbonyl (C=O) groups is 3. The van der Waals surface area contributed by atoms with Gasteiger partial charge in [-0.2, -0.15) is 5.10 Å². The molecule has 4 rings (SSSR count). The fraction of sp³-hybridized carbons (Fsp3) is 0.111. The number of rotatable bonds is 7. The van der Waals surface area contributed by atoms with Crippen LogP contribution in [-0.4, -0.2) is 53.2 Å². The van der Waals surface area contributed by atoms with Crippen LogP contribution in [-0.2, 0) is 9.53 Å². The zero-order valence-electron chi connectivity index (χ0n) is 19.3. The Kier molecular flexibility index (Phi) is 7.02. The molecular formula is C27H24N4O4. The molecule has 0 aliphatic carbocycles. The largest absolute Gasteiger partial charge is 0.451 e. The smallest absolute Gasteiger partial charge is 0.357 e. The Balaban J connectivity index is 1.46. The van der Waals surface area contributed by atoms with Gasteiger partial charge >= 0.3 is 5.97 Å². The molecule has 4 aromatic rings. The van der Waals surface area contributed by atoms with E-state index in [1.54, 1.807) is 44.4 Å². The van der Waals surface area contributed by atoms with E-state index >= 15 is 0 Å². The maximum Gasteiger partial charge on any atom is 0.357 e. The summed E-state index contributed by atoms with van der Waals surface area (Å²) in [4.78, 5) is 38.7. The van der Waals surface area contributed by atoms with Crippen LogP contribution in [0.15, 0.2) is 91.0 Å². The number of amides is 2. The second-order valence-electron chi connectivity index (χ2n) is 7.93. The highest BCUT2D eigenvalue weighted by atomic mass is 16.5. The van der Waals surface area contributed by atoms with Crippen molar-refractivity contribution < 1.29 is 19.1 Å². The van der Waals surface area contributed by atoms with Crippen LogP contribution in [0, 0.1) is 0 Å². The number of para-hydroxylation sites is 1. The predicted octanol–water partition coefficient (Wildman–Crippen LogP) is 4.04. The molecule has 1 aromatic heterocycles.